The standard InChI is InChI=1S/C23H23ClN2O5S/c1-16(27)25-19-8-10-21(11-9-19)32(28,29)26(20-6-4-5-18(24)14-20)15-17-7-12-22(30-2)23(13-17)31-3/h4-14H,15H2,1-3H3,(H,25,27). The van der Waals surface area contributed by atoms with Crippen LogP contribution in [0.4, 0.5) is 11.4 Å². The van der Waals surface area contributed by atoms with Crippen molar-refractivity contribution in [2.24, 2.45) is 0 Å². The van der Waals surface area contributed by atoms with E-state index < -0.39 is 10.0 Å². The summed E-state index contributed by atoms with van der Waals surface area (Å²) < 4.78 is 39.1. The summed E-state index contributed by atoms with van der Waals surface area (Å²) >= 11 is 6.15. The summed E-state index contributed by atoms with van der Waals surface area (Å²) in [6, 6.07) is 17.8. The maximum absolute atomic E-state index is 13.6. The number of anilines is 2. The van der Waals surface area contributed by atoms with Crippen LogP contribution in [0.5, 0.6) is 11.5 Å². The fraction of sp³-hybridized carbons (Fsp3) is 0.174. The fourth-order valence-electron chi connectivity index (χ4n) is 3.13. The summed E-state index contributed by atoms with van der Waals surface area (Å²) in [6.07, 6.45) is 0. The second-order valence-corrected chi connectivity index (χ2v) is 9.19. The van der Waals surface area contributed by atoms with Gasteiger partial charge in [0.1, 0.15) is 0 Å². The summed E-state index contributed by atoms with van der Waals surface area (Å²) in [5.41, 5.74) is 1.62. The molecular formula is C23H23ClN2O5S. The van der Waals surface area contributed by atoms with Gasteiger partial charge in [-0.2, -0.15) is 0 Å². The third-order valence-electron chi connectivity index (χ3n) is 4.63. The van der Waals surface area contributed by atoms with Gasteiger partial charge in [-0.3, -0.25) is 9.10 Å². The average Bonchev–Trinajstić information content (AvgIpc) is 2.77. The van der Waals surface area contributed by atoms with E-state index in [4.69, 9.17) is 21.1 Å². The molecule has 0 bridgehead atoms. The van der Waals surface area contributed by atoms with E-state index in [1.165, 1.54) is 37.6 Å². The Balaban J connectivity index is 2.04. The van der Waals surface area contributed by atoms with E-state index in [0.29, 0.717) is 33.5 Å². The zero-order valence-corrected chi connectivity index (χ0v) is 19.4. The molecule has 0 spiro atoms. The lowest BCUT2D eigenvalue weighted by Gasteiger charge is -2.25. The SMILES string of the molecule is COc1ccc(CN(c2cccc(Cl)c2)S(=O)(=O)c2ccc(NC(C)=O)cc2)cc1OC. The third kappa shape index (κ3) is 5.33. The highest BCUT2D eigenvalue weighted by Crippen LogP contribution is 2.32. The van der Waals surface area contributed by atoms with Crippen LogP contribution >= 0.6 is 11.6 Å². The van der Waals surface area contributed by atoms with Gasteiger partial charge < -0.3 is 14.8 Å². The molecule has 0 aliphatic heterocycles. The Bertz CT molecular complexity index is 1210. The molecule has 3 rings (SSSR count). The highest BCUT2D eigenvalue weighted by Gasteiger charge is 2.26. The molecule has 1 N–H and O–H groups in total. The van der Waals surface area contributed by atoms with Crippen LogP contribution in [0.2, 0.25) is 5.02 Å². The van der Waals surface area contributed by atoms with E-state index in [0.717, 1.165) is 0 Å². The minimum atomic E-state index is -3.96. The number of hydrogen-bond donors (Lipinski definition) is 1. The van der Waals surface area contributed by atoms with E-state index in [1.807, 2.05) is 0 Å². The molecule has 0 aliphatic carbocycles. The van der Waals surface area contributed by atoms with Gasteiger partial charge in [-0.05, 0) is 60.2 Å². The maximum Gasteiger partial charge on any atom is 0.264 e. The van der Waals surface area contributed by atoms with Crippen LogP contribution in [0, 0.1) is 0 Å². The van der Waals surface area contributed by atoms with Crippen LogP contribution in [0.15, 0.2) is 71.6 Å². The number of hydrogen-bond acceptors (Lipinski definition) is 5. The Kier molecular flexibility index (Phi) is 7.27. The lowest BCUT2D eigenvalue weighted by Crippen LogP contribution is -2.30. The predicted molar refractivity (Wildman–Crippen MR) is 125 cm³/mol. The second-order valence-electron chi connectivity index (χ2n) is 6.89. The molecule has 1 amide bonds. The minimum absolute atomic E-state index is 0.0382. The van der Waals surface area contributed by atoms with Crippen LogP contribution in [0.3, 0.4) is 0 Å². The van der Waals surface area contributed by atoms with E-state index in [2.05, 4.69) is 5.32 Å². The van der Waals surface area contributed by atoms with Gasteiger partial charge in [-0.1, -0.05) is 23.7 Å². The second kappa shape index (κ2) is 9.93. The summed E-state index contributed by atoms with van der Waals surface area (Å²) in [5, 5.41) is 3.04. The summed E-state index contributed by atoms with van der Waals surface area (Å²) in [5.74, 6) is 0.796. The Morgan fingerprint density at radius 2 is 1.66 bits per heavy atom. The first kappa shape index (κ1) is 23.4. The molecule has 0 fully saturated rings. The first-order valence-electron chi connectivity index (χ1n) is 9.61. The number of carbonyl (C=O) groups is 1. The predicted octanol–water partition coefficient (Wildman–Crippen LogP) is 4.71. The summed E-state index contributed by atoms with van der Waals surface area (Å²) in [7, 11) is -0.909. The van der Waals surface area contributed by atoms with Gasteiger partial charge in [-0.15, -0.1) is 0 Å². The molecule has 0 aromatic heterocycles. The van der Waals surface area contributed by atoms with E-state index in [9.17, 15) is 13.2 Å². The topological polar surface area (TPSA) is 84.9 Å². The van der Waals surface area contributed by atoms with Gasteiger partial charge in [0, 0.05) is 17.6 Å². The molecule has 0 radical (unpaired) electrons. The minimum Gasteiger partial charge on any atom is -0.493 e. The van der Waals surface area contributed by atoms with Crippen molar-refractivity contribution in [3.63, 3.8) is 0 Å². The summed E-state index contributed by atoms with van der Waals surface area (Å²) in [6.45, 7) is 1.42. The van der Waals surface area contributed by atoms with Crippen molar-refractivity contribution in [1.82, 2.24) is 0 Å². The van der Waals surface area contributed by atoms with Crippen molar-refractivity contribution < 1.29 is 22.7 Å². The number of carbonyl (C=O) groups excluding carboxylic acids is 1. The quantitative estimate of drug-likeness (QED) is 0.511. The van der Waals surface area contributed by atoms with Crippen molar-refractivity contribution in [3.05, 3.63) is 77.3 Å². The van der Waals surface area contributed by atoms with E-state index in [-0.39, 0.29) is 17.3 Å². The van der Waals surface area contributed by atoms with Crippen molar-refractivity contribution in [3.8, 4) is 11.5 Å². The van der Waals surface area contributed by atoms with Gasteiger partial charge in [0.25, 0.3) is 10.0 Å². The first-order chi connectivity index (χ1) is 15.2. The van der Waals surface area contributed by atoms with Crippen molar-refractivity contribution in [2.75, 3.05) is 23.8 Å². The lowest BCUT2D eigenvalue weighted by atomic mass is 10.2. The van der Waals surface area contributed by atoms with E-state index >= 15 is 0 Å². The largest absolute Gasteiger partial charge is 0.493 e. The Hall–Kier alpha value is -3.23. The van der Waals surface area contributed by atoms with Crippen molar-refractivity contribution >= 4 is 38.9 Å². The Labute approximate surface area is 192 Å². The highest BCUT2D eigenvalue weighted by atomic mass is 35.5. The fourth-order valence-corrected chi connectivity index (χ4v) is 4.76. The highest BCUT2D eigenvalue weighted by molar-refractivity contribution is 7.92. The zero-order valence-electron chi connectivity index (χ0n) is 17.8. The molecule has 3 aromatic carbocycles. The number of ether oxygens (including phenoxy) is 2. The molecule has 9 heteroatoms. The number of amides is 1. The molecule has 0 saturated heterocycles. The molecule has 7 nitrogen and oxygen atoms in total. The van der Waals surface area contributed by atoms with Crippen LogP contribution in [0.25, 0.3) is 0 Å². The van der Waals surface area contributed by atoms with Crippen LogP contribution in [-0.2, 0) is 21.4 Å². The first-order valence-corrected chi connectivity index (χ1v) is 11.4. The third-order valence-corrected chi connectivity index (χ3v) is 6.66. The molecule has 0 atom stereocenters. The van der Waals surface area contributed by atoms with Crippen molar-refractivity contribution in [1.29, 1.82) is 0 Å². The van der Waals surface area contributed by atoms with Crippen LogP contribution < -0.4 is 19.1 Å². The Morgan fingerprint density at radius 3 is 2.25 bits per heavy atom. The monoisotopic (exact) mass is 474 g/mol. The Morgan fingerprint density at radius 1 is 0.969 bits per heavy atom. The average molecular weight is 475 g/mol. The number of sulfonamides is 1. The van der Waals surface area contributed by atoms with Crippen molar-refractivity contribution in [2.45, 2.75) is 18.4 Å². The number of rotatable bonds is 8. The normalized spacial score (nSPS) is 11.0. The summed E-state index contributed by atoms with van der Waals surface area (Å²) in [4.78, 5) is 11.3. The molecular weight excluding hydrogens is 452 g/mol. The number of halogens is 1. The van der Waals surface area contributed by atoms with Gasteiger partial charge >= 0.3 is 0 Å². The number of benzene rings is 3. The molecule has 168 valence electrons. The van der Waals surface area contributed by atoms with Gasteiger partial charge in [0.2, 0.25) is 5.91 Å². The molecule has 0 heterocycles. The van der Waals surface area contributed by atoms with Crippen LogP contribution in [0.1, 0.15) is 12.5 Å². The zero-order chi connectivity index (χ0) is 23.3. The van der Waals surface area contributed by atoms with Gasteiger partial charge in [0.05, 0.1) is 31.3 Å². The lowest BCUT2D eigenvalue weighted by molar-refractivity contribution is -0.114. The molecule has 32 heavy (non-hydrogen) atoms. The van der Waals surface area contributed by atoms with Gasteiger partial charge in [-0.25, -0.2) is 8.42 Å². The van der Waals surface area contributed by atoms with Crippen LogP contribution in [-0.4, -0.2) is 28.5 Å². The smallest absolute Gasteiger partial charge is 0.264 e. The molecule has 3 aromatic rings. The number of nitrogens with zero attached hydrogens (tertiary/aromatic N) is 1. The molecule has 0 aliphatic rings. The van der Waals surface area contributed by atoms with Gasteiger partial charge in [0.15, 0.2) is 11.5 Å². The number of nitrogens with one attached hydrogen (secondary N) is 1. The molecule has 0 unspecified atom stereocenters. The van der Waals surface area contributed by atoms with E-state index in [1.54, 1.807) is 54.6 Å². The molecule has 0 saturated carbocycles. The number of methoxy groups -OCH3 is 2. The maximum atomic E-state index is 13.6.